The van der Waals surface area contributed by atoms with Crippen molar-refractivity contribution in [2.24, 2.45) is 0 Å². The summed E-state index contributed by atoms with van der Waals surface area (Å²) >= 11 is 3.32. The van der Waals surface area contributed by atoms with Crippen LogP contribution in [0.15, 0.2) is 16.7 Å². The number of rotatable bonds is 6. The Morgan fingerprint density at radius 2 is 2.17 bits per heavy atom. The van der Waals surface area contributed by atoms with E-state index in [1.54, 1.807) is 6.07 Å². The molecule has 0 aliphatic heterocycles. The van der Waals surface area contributed by atoms with E-state index in [0.29, 0.717) is 5.69 Å². The maximum atomic E-state index is 11.9. The molecule has 7 heteroatoms. The number of nitrogens with zero attached hydrogens (tertiary/aromatic N) is 1. The molecule has 1 aromatic heterocycles. The molecule has 1 heterocycles. The van der Waals surface area contributed by atoms with Crippen LogP contribution in [0.1, 0.15) is 23.8 Å². The number of sulfone groups is 1. The molecule has 18 heavy (non-hydrogen) atoms. The Morgan fingerprint density at radius 1 is 1.50 bits per heavy atom. The van der Waals surface area contributed by atoms with Crippen molar-refractivity contribution in [3.05, 3.63) is 22.4 Å². The number of aromatic nitrogens is 1. The average molecular weight is 337 g/mol. The quantitative estimate of drug-likeness (QED) is 0.854. The van der Waals surface area contributed by atoms with E-state index in [0.717, 1.165) is 23.7 Å². The number of carbonyl (C=O) groups is 1. The first-order valence-electron chi connectivity index (χ1n) is 5.65. The monoisotopic (exact) mass is 336 g/mol. The number of halogens is 1. The molecule has 1 aromatic rings. The highest BCUT2D eigenvalue weighted by Crippen LogP contribution is 2.15. The molecular weight excluding hydrogens is 320 g/mol. The Balaban J connectivity index is 2.66. The van der Waals surface area contributed by atoms with Crippen LogP contribution in [0.3, 0.4) is 0 Å². The Labute approximate surface area is 116 Å². The summed E-state index contributed by atoms with van der Waals surface area (Å²) in [6, 6.07) is 1.73. The number of carbonyl (C=O) groups excluding carboxylic acids is 1. The molecule has 0 atom stereocenters. The van der Waals surface area contributed by atoms with Gasteiger partial charge in [0, 0.05) is 30.0 Å². The highest BCUT2D eigenvalue weighted by Gasteiger charge is 2.13. The van der Waals surface area contributed by atoms with Crippen LogP contribution in [0.4, 0.5) is 0 Å². The normalized spacial score (nSPS) is 11.5. The smallest absolute Gasteiger partial charge is 0.267 e. The van der Waals surface area contributed by atoms with Crippen LogP contribution in [0.2, 0.25) is 0 Å². The molecule has 0 saturated carbocycles. The van der Waals surface area contributed by atoms with Gasteiger partial charge in [0.05, 0.1) is 5.75 Å². The van der Waals surface area contributed by atoms with E-state index in [1.807, 2.05) is 17.7 Å². The third kappa shape index (κ3) is 4.81. The zero-order valence-corrected chi connectivity index (χ0v) is 12.8. The molecule has 5 nitrogen and oxygen atoms in total. The summed E-state index contributed by atoms with van der Waals surface area (Å²) < 4.78 is 24.6. The van der Waals surface area contributed by atoms with Gasteiger partial charge in [0.15, 0.2) is 0 Å². The molecule has 0 fully saturated rings. The maximum absolute atomic E-state index is 11.9. The van der Waals surface area contributed by atoms with Crippen molar-refractivity contribution in [3.63, 3.8) is 0 Å². The van der Waals surface area contributed by atoms with Crippen LogP contribution < -0.4 is 5.32 Å². The fourth-order valence-electron chi connectivity index (χ4n) is 1.53. The third-order valence-electron chi connectivity index (χ3n) is 2.32. The lowest BCUT2D eigenvalue weighted by Gasteiger charge is -2.08. The fourth-order valence-corrected chi connectivity index (χ4v) is 2.47. The highest BCUT2D eigenvalue weighted by molar-refractivity contribution is 9.10. The Morgan fingerprint density at radius 3 is 2.72 bits per heavy atom. The van der Waals surface area contributed by atoms with Crippen LogP contribution in [0.25, 0.3) is 0 Å². The molecule has 1 N–H and O–H groups in total. The summed E-state index contributed by atoms with van der Waals surface area (Å²) in [4.78, 5) is 11.9. The molecule has 0 aromatic carbocycles. The molecule has 0 saturated heterocycles. The summed E-state index contributed by atoms with van der Waals surface area (Å²) in [6.07, 6.45) is 3.91. The van der Waals surface area contributed by atoms with Crippen molar-refractivity contribution in [3.8, 4) is 0 Å². The molecule has 0 aliphatic rings. The first kappa shape index (κ1) is 15.2. The van der Waals surface area contributed by atoms with Gasteiger partial charge in [-0.15, -0.1) is 0 Å². The van der Waals surface area contributed by atoms with Gasteiger partial charge in [-0.05, 0) is 28.4 Å². The number of amides is 1. The van der Waals surface area contributed by atoms with Crippen molar-refractivity contribution >= 4 is 31.7 Å². The molecule has 1 amide bonds. The van der Waals surface area contributed by atoms with Gasteiger partial charge >= 0.3 is 0 Å². The van der Waals surface area contributed by atoms with Crippen LogP contribution in [0.5, 0.6) is 0 Å². The molecule has 1 rings (SSSR count). The number of hydrogen-bond donors (Lipinski definition) is 1. The minimum atomic E-state index is -3.05. The second kappa shape index (κ2) is 6.38. The Kier molecular flexibility index (Phi) is 5.40. The molecule has 0 bridgehead atoms. The minimum Gasteiger partial charge on any atom is -0.350 e. The van der Waals surface area contributed by atoms with Gasteiger partial charge in [0.2, 0.25) is 0 Å². The molecular formula is C11H17BrN2O3S. The van der Waals surface area contributed by atoms with Crippen molar-refractivity contribution in [1.82, 2.24) is 9.88 Å². The molecule has 0 unspecified atom stereocenters. The Hall–Kier alpha value is -0.820. The summed E-state index contributed by atoms with van der Waals surface area (Å²) in [5, 5.41) is 2.61. The second-order valence-electron chi connectivity index (χ2n) is 4.12. The molecule has 0 aliphatic carbocycles. The number of aryl methyl sites for hydroxylation is 1. The topological polar surface area (TPSA) is 68.2 Å². The molecule has 0 spiro atoms. The van der Waals surface area contributed by atoms with E-state index in [9.17, 15) is 13.2 Å². The summed E-state index contributed by atoms with van der Waals surface area (Å²) in [5.41, 5.74) is 0.539. The summed E-state index contributed by atoms with van der Waals surface area (Å²) in [7, 11) is -3.05. The summed E-state index contributed by atoms with van der Waals surface area (Å²) in [6.45, 7) is 2.91. The number of hydrogen-bond acceptors (Lipinski definition) is 3. The van der Waals surface area contributed by atoms with Gasteiger partial charge in [-0.2, -0.15) is 0 Å². The summed E-state index contributed by atoms with van der Waals surface area (Å²) in [5.74, 6) is -0.299. The second-order valence-corrected chi connectivity index (χ2v) is 7.30. The van der Waals surface area contributed by atoms with E-state index in [2.05, 4.69) is 21.2 Å². The van der Waals surface area contributed by atoms with Crippen molar-refractivity contribution in [2.75, 3.05) is 18.6 Å². The largest absolute Gasteiger partial charge is 0.350 e. The van der Waals surface area contributed by atoms with E-state index >= 15 is 0 Å². The lowest BCUT2D eigenvalue weighted by atomic mass is 10.4. The third-order valence-corrected chi connectivity index (χ3v) is 3.70. The van der Waals surface area contributed by atoms with E-state index in [1.165, 1.54) is 0 Å². The zero-order valence-electron chi connectivity index (χ0n) is 10.4. The van der Waals surface area contributed by atoms with Gasteiger partial charge < -0.3 is 9.88 Å². The van der Waals surface area contributed by atoms with Gasteiger partial charge in [-0.25, -0.2) is 8.42 Å². The predicted molar refractivity (Wildman–Crippen MR) is 74.5 cm³/mol. The predicted octanol–water partition coefficient (Wildman–Crippen LogP) is 1.44. The van der Waals surface area contributed by atoms with Gasteiger partial charge in [-0.1, -0.05) is 6.92 Å². The molecule has 102 valence electrons. The standard InChI is InChI=1S/C11H17BrN2O3S/c1-3-5-14-8-9(12)7-10(14)11(15)13-4-6-18(2,16)17/h7-8H,3-6H2,1-2H3,(H,13,15). The first-order chi connectivity index (χ1) is 8.33. The SMILES string of the molecule is CCCn1cc(Br)cc1C(=O)NCCS(C)(=O)=O. The van der Waals surface area contributed by atoms with Gasteiger partial charge in [0.1, 0.15) is 15.5 Å². The number of nitrogens with one attached hydrogen (secondary N) is 1. The van der Waals surface area contributed by atoms with Crippen molar-refractivity contribution < 1.29 is 13.2 Å². The zero-order chi connectivity index (χ0) is 13.8. The van der Waals surface area contributed by atoms with E-state index in [-0.39, 0.29) is 18.2 Å². The first-order valence-corrected chi connectivity index (χ1v) is 8.50. The minimum absolute atomic E-state index is 0.0472. The van der Waals surface area contributed by atoms with Gasteiger partial charge in [-0.3, -0.25) is 4.79 Å². The molecule has 0 radical (unpaired) electrons. The lowest BCUT2D eigenvalue weighted by Crippen LogP contribution is -2.30. The van der Waals surface area contributed by atoms with Gasteiger partial charge in [0.25, 0.3) is 5.91 Å². The van der Waals surface area contributed by atoms with Crippen molar-refractivity contribution in [1.29, 1.82) is 0 Å². The average Bonchev–Trinajstić information content (AvgIpc) is 2.58. The van der Waals surface area contributed by atoms with Crippen LogP contribution in [-0.2, 0) is 16.4 Å². The lowest BCUT2D eigenvalue weighted by molar-refractivity contribution is 0.0947. The van der Waals surface area contributed by atoms with Crippen molar-refractivity contribution in [2.45, 2.75) is 19.9 Å². The van der Waals surface area contributed by atoms with E-state index < -0.39 is 9.84 Å². The van der Waals surface area contributed by atoms with Crippen LogP contribution in [-0.4, -0.2) is 37.4 Å². The fraction of sp³-hybridized carbons (Fsp3) is 0.545. The van der Waals surface area contributed by atoms with Crippen LogP contribution >= 0.6 is 15.9 Å². The Bertz CT molecular complexity index is 522. The highest BCUT2D eigenvalue weighted by atomic mass is 79.9. The van der Waals surface area contributed by atoms with Crippen LogP contribution in [0, 0.1) is 0 Å². The van der Waals surface area contributed by atoms with E-state index in [4.69, 9.17) is 0 Å². The maximum Gasteiger partial charge on any atom is 0.267 e.